The minimum absolute atomic E-state index is 0.105. The number of carbonyl (C=O) groups is 4. The van der Waals surface area contributed by atoms with Gasteiger partial charge in [-0.1, -0.05) is 310 Å². The third kappa shape index (κ3) is 62.8. The summed E-state index contributed by atoms with van der Waals surface area (Å²) in [7, 11) is -9.88. The van der Waals surface area contributed by atoms with E-state index in [2.05, 4.69) is 27.7 Å². The number of aliphatic hydroxyl groups is 1. The van der Waals surface area contributed by atoms with Gasteiger partial charge in [0.25, 0.3) is 0 Å². The predicted octanol–water partition coefficient (Wildman–Crippen LogP) is 19.9. The van der Waals surface area contributed by atoms with E-state index in [1.807, 2.05) is 0 Å². The molecule has 3 N–H and O–H groups in total. The summed E-state index contributed by atoms with van der Waals surface area (Å²) in [5.74, 6) is -2.13. The van der Waals surface area contributed by atoms with Crippen molar-refractivity contribution < 1.29 is 80.2 Å². The molecule has 0 aliphatic heterocycles. The maximum absolute atomic E-state index is 13.0. The van der Waals surface area contributed by atoms with Gasteiger partial charge in [-0.25, -0.2) is 9.13 Å². The van der Waals surface area contributed by atoms with Crippen LogP contribution in [0.5, 0.6) is 0 Å². The van der Waals surface area contributed by atoms with Gasteiger partial charge in [0.1, 0.15) is 19.3 Å². The Labute approximate surface area is 537 Å². The first-order chi connectivity index (χ1) is 42.7. The van der Waals surface area contributed by atoms with Gasteiger partial charge in [-0.3, -0.25) is 37.3 Å². The highest BCUT2D eigenvalue weighted by Crippen LogP contribution is 2.45. The van der Waals surface area contributed by atoms with Crippen molar-refractivity contribution in [2.45, 2.75) is 380 Å². The van der Waals surface area contributed by atoms with Crippen molar-refractivity contribution in [2.24, 2.45) is 0 Å². The van der Waals surface area contributed by atoms with Gasteiger partial charge in [-0.2, -0.15) is 0 Å². The van der Waals surface area contributed by atoms with Crippen LogP contribution in [0, 0.1) is 0 Å². The molecule has 0 spiro atoms. The number of ether oxygens (including phenoxy) is 4. The molecule has 5 atom stereocenters. The number of hydrogen-bond donors (Lipinski definition) is 3. The van der Waals surface area contributed by atoms with Crippen molar-refractivity contribution in [3.8, 4) is 0 Å². The molecule has 0 bridgehead atoms. The lowest BCUT2D eigenvalue weighted by molar-refractivity contribution is -0.161. The molecule has 0 aliphatic carbocycles. The summed E-state index contributed by atoms with van der Waals surface area (Å²) in [6, 6.07) is 0. The highest BCUT2D eigenvalue weighted by atomic mass is 31.2. The SMILES string of the molecule is CCCCCCCCCCCCCCCCCCCCCCCCC(=O)O[C@H](COC(=O)CCCCCCCCCCCC)COP(=O)(O)OC[C@@H](O)COP(=O)(O)OC[C@@H](COC(=O)CCCCCCCCCC)OC(=O)CCCCCCCCCC. The van der Waals surface area contributed by atoms with E-state index < -0.39 is 97.5 Å². The third-order valence-electron chi connectivity index (χ3n) is 16.1. The Bertz CT molecular complexity index is 1690. The lowest BCUT2D eigenvalue weighted by Crippen LogP contribution is -2.30. The summed E-state index contributed by atoms with van der Waals surface area (Å²) in [5, 5.41) is 10.5. The van der Waals surface area contributed by atoms with Crippen molar-refractivity contribution in [1.29, 1.82) is 0 Å². The van der Waals surface area contributed by atoms with Crippen LogP contribution in [0.25, 0.3) is 0 Å². The van der Waals surface area contributed by atoms with Crippen LogP contribution in [0.1, 0.15) is 362 Å². The molecule has 0 saturated carbocycles. The molecule has 0 aromatic carbocycles. The summed E-state index contributed by atoms with van der Waals surface area (Å²) >= 11 is 0. The molecule has 522 valence electrons. The van der Waals surface area contributed by atoms with E-state index in [0.29, 0.717) is 25.7 Å². The number of phosphoric acid groups is 2. The van der Waals surface area contributed by atoms with Gasteiger partial charge in [0.2, 0.25) is 0 Å². The molecule has 0 amide bonds. The molecule has 0 radical (unpaired) electrons. The van der Waals surface area contributed by atoms with Crippen molar-refractivity contribution in [3.05, 3.63) is 0 Å². The molecule has 0 saturated heterocycles. The molecule has 0 rings (SSSR count). The van der Waals surface area contributed by atoms with Gasteiger partial charge in [0, 0.05) is 25.7 Å². The smallest absolute Gasteiger partial charge is 0.462 e. The zero-order valence-corrected chi connectivity index (χ0v) is 58.5. The largest absolute Gasteiger partial charge is 0.472 e. The summed E-state index contributed by atoms with van der Waals surface area (Å²) in [6.45, 7) is 4.86. The lowest BCUT2D eigenvalue weighted by atomic mass is 10.0. The average Bonchev–Trinajstić information content (AvgIpc) is 3.70. The van der Waals surface area contributed by atoms with Crippen LogP contribution in [-0.2, 0) is 65.4 Å². The quantitative estimate of drug-likeness (QED) is 0.0222. The Morgan fingerprint density at radius 3 is 0.670 bits per heavy atom. The van der Waals surface area contributed by atoms with E-state index in [1.54, 1.807) is 0 Å². The number of phosphoric ester groups is 2. The normalized spacial score (nSPS) is 14.0. The van der Waals surface area contributed by atoms with Crippen LogP contribution < -0.4 is 0 Å². The molecular weight excluding hydrogens is 1160 g/mol. The van der Waals surface area contributed by atoms with E-state index >= 15 is 0 Å². The van der Waals surface area contributed by atoms with Gasteiger partial charge in [0.05, 0.1) is 26.4 Å². The zero-order valence-electron chi connectivity index (χ0n) is 56.7. The number of rotatable bonds is 70. The summed E-state index contributed by atoms with van der Waals surface area (Å²) in [5.41, 5.74) is 0. The maximum atomic E-state index is 13.0. The molecule has 17 nitrogen and oxygen atoms in total. The van der Waals surface area contributed by atoms with Crippen LogP contribution in [-0.4, -0.2) is 96.7 Å². The van der Waals surface area contributed by atoms with Crippen LogP contribution in [0.2, 0.25) is 0 Å². The molecule has 88 heavy (non-hydrogen) atoms. The van der Waals surface area contributed by atoms with Crippen molar-refractivity contribution in [3.63, 3.8) is 0 Å². The van der Waals surface area contributed by atoms with E-state index in [1.165, 1.54) is 180 Å². The van der Waals surface area contributed by atoms with Gasteiger partial charge >= 0.3 is 39.5 Å². The topological polar surface area (TPSA) is 237 Å². The molecule has 19 heteroatoms. The number of aliphatic hydroxyl groups excluding tert-OH is 1. The number of hydrogen-bond acceptors (Lipinski definition) is 15. The Morgan fingerprint density at radius 1 is 0.273 bits per heavy atom. The van der Waals surface area contributed by atoms with Crippen LogP contribution in [0.15, 0.2) is 0 Å². The fourth-order valence-corrected chi connectivity index (χ4v) is 12.1. The number of esters is 4. The monoisotopic (exact) mass is 1300 g/mol. The molecule has 0 heterocycles. The Hall–Kier alpha value is -1.94. The molecular formula is C69H134O17P2. The van der Waals surface area contributed by atoms with Crippen molar-refractivity contribution in [1.82, 2.24) is 0 Å². The van der Waals surface area contributed by atoms with Crippen molar-refractivity contribution >= 4 is 39.5 Å². The second-order valence-corrected chi connectivity index (χ2v) is 27.8. The van der Waals surface area contributed by atoms with Crippen LogP contribution >= 0.6 is 15.6 Å². The average molecular weight is 1300 g/mol. The van der Waals surface area contributed by atoms with E-state index in [9.17, 15) is 43.2 Å². The zero-order chi connectivity index (χ0) is 64.7. The van der Waals surface area contributed by atoms with Gasteiger partial charge in [0.15, 0.2) is 12.2 Å². The predicted molar refractivity (Wildman–Crippen MR) is 354 cm³/mol. The second kappa shape index (κ2) is 63.8. The Balaban J connectivity index is 5.07. The first-order valence-electron chi connectivity index (χ1n) is 36.3. The number of carbonyl (C=O) groups excluding carboxylic acids is 4. The Morgan fingerprint density at radius 2 is 0.455 bits per heavy atom. The van der Waals surface area contributed by atoms with E-state index in [4.69, 9.17) is 37.0 Å². The van der Waals surface area contributed by atoms with Gasteiger partial charge in [-0.05, 0) is 25.7 Å². The van der Waals surface area contributed by atoms with E-state index in [0.717, 1.165) is 103 Å². The summed E-state index contributed by atoms with van der Waals surface area (Å²) < 4.78 is 68.0. The van der Waals surface area contributed by atoms with E-state index in [-0.39, 0.29) is 25.7 Å². The standard InChI is InChI=1S/C69H134O17P2/c1-5-9-13-17-21-25-27-28-29-30-31-32-33-34-35-36-37-38-40-44-48-52-56-69(74)86-65(60-80-67(72)54-50-46-43-39-26-22-18-14-10-6-2)62-84-88(77,78)82-58-63(70)57-81-87(75,76)83-61-64(85-68(73)55-51-47-42-24-20-16-12-8-4)59-79-66(71)53-49-45-41-23-19-15-11-7-3/h63-65,70H,5-62H2,1-4H3,(H,75,76)(H,77,78)/t63-,64+,65+/m0/s1. The first-order valence-corrected chi connectivity index (χ1v) is 39.3. The lowest BCUT2D eigenvalue weighted by Gasteiger charge is -2.21. The van der Waals surface area contributed by atoms with Crippen molar-refractivity contribution in [2.75, 3.05) is 39.6 Å². The van der Waals surface area contributed by atoms with Crippen LogP contribution in [0.3, 0.4) is 0 Å². The summed E-state index contributed by atoms with van der Waals surface area (Å²) in [4.78, 5) is 72.2. The molecule has 0 aliphatic rings. The molecule has 0 aromatic heterocycles. The van der Waals surface area contributed by atoms with Gasteiger partial charge in [-0.15, -0.1) is 0 Å². The fraction of sp³-hybridized carbons (Fsp3) is 0.942. The molecule has 2 unspecified atom stereocenters. The highest BCUT2D eigenvalue weighted by molar-refractivity contribution is 7.47. The number of unbranched alkanes of at least 4 members (excludes halogenated alkanes) is 44. The second-order valence-electron chi connectivity index (χ2n) is 24.9. The maximum Gasteiger partial charge on any atom is 0.472 e. The Kier molecular flexibility index (Phi) is 62.4. The molecule has 0 aromatic rings. The van der Waals surface area contributed by atoms with Crippen LogP contribution in [0.4, 0.5) is 0 Å². The third-order valence-corrected chi connectivity index (χ3v) is 18.0. The highest BCUT2D eigenvalue weighted by Gasteiger charge is 2.30. The summed E-state index contributed by atoms with van der Waals surface area (Å²) in [6.07, 6.45) is 51.7. The minimum atomic E-state index is -4.95. The fourth-order valence-electron chi connectivity index (χ4n) is 10.5. The van der Waals surface area contributed by atoms with Gasteiger partial charge < -0.3 is 33.8 Å². The first kappa shape index (κ1) is 86.1. The molecule has 0 fully saturated rings. The minimum Gasteiger partial charge on any atom is -0.462 e.